The number of hydrogen-bond acceptors (Lipinski definition) is 4. The highest BCUT2D eigenvalue weighted by Gasteiger charge is 2.21. The lowest BCUT2D eigenvalue weighted by atomic mass is 10.1. The molecule has 1 aromatic heterocycles. The molecule has 0 saturated carbocycles. The van der Waals surface area contributed by atoms with E-state index in [4.69, 9.17) is 0 Å². The molecule has 1 aliphatic rings. The molecule has 1 aromatic carbocycles. The van der Waals surface area contributed by atoms with Crippen LogP contribution in [0.25, 0.3) is 0 Å². The summed E-state index contributed by atoms with van der Waals surface area (Å²) in [7, 11) is 0. The maximum Gasteiger partial charge on any atom is 0.168 e. The molecule has 0 aliphatic carbocycles. The Labute approximate surface area is 121 Å². The Morgan fingerprint density at radius 1 is 1.32 bits per heavy atom. The van der Waals surface area contributed by atoms with Gasteiger partial charge in [0.25, 0.3) is 0 Å². The molecule has 0 bridgehead atoms. The van der Waals surface area contributed by atoms with Crippen molar-refractivity contribution in [3.05, 3.63) is 52.0 Å². The number of thiazole rings is 1. The second-order valence-electron chi connectivity index (χ2n) is 4.64. The van der Waals surface area contributed by atoms with Crippen LogP contribution in [-0.2, 0) is 6.42 Å². The van der Waals surface area contributed by atoms with Crippen molar-refractivity contribution in [2.75, 3.05) is 5.75 Å². The summed E-state index contributed by atoms with van der Waals surface area (Å²) in [6.45, 7) is 0. The molecule has 1 fully saturated rings. The lowest BCUT2D eigenvalue weighted by Crippen LogP contribution is -2.03. The van der Waals surface area contributed by atoms with Crippen molar-refractivity contribution in [3.8, 4) is 0 Å². The van der Waals surface area contributed by atoms with E-state index < -0.39 is 0 Å². The predicted molar refractivity (Wildman–Crippen MR) is 81.0 cm³/mol. The van der Waals surface area contributed by atoms with E-state index in [0.717, 1.165) is 11.3 Å². The second-order valence-corrected chi connectivity index (χ2v) is 6.85. The summed E-state index contributed by atoms with van der Waals surface area (Å²) < 4.78 is 0. The summed E-state index contributed by atoms with van der Waals surface area (Å²) in [6, 6.07) is 9.45. The van der Waals surface area contributed by atoms with Crippen LogP contribution in [0.3, 0.4) is 0 Å². The van der Waals surface area contributed by atoms with Gasteiger partial charge in [-0.25, -0.2) is 4.98 Å². The van der Waals surface area contributed by atoms with E-state index in [9.17, 15) is 4.79 Å². The van der Waals surface area contributed by atoms with Crippen molar-refractivity contribution >= 4 is 28.9 Å². The predicted octanol–water partition coefficient (Wildman–Crippen LogP) is 4.14. The van der Waals surface area contributed by atoms with Gasteiger partial charge in [-0.3, -0.25) is 4.79 Å². The average molecular weight is 289 g/mol. The van der Waals surface area contributed by atoms with Crippen LogP contribution >= 0.6 is 23.1 Å². The van der Waals surface area contributed by atoms with Crippen LogP contribution in [0.2, 0.25) is 0 Å². The minimum Gasteiger partial charge on any atom is -0.294 e. The van der Waals surface area contributed by atoms with Crippen LogP contribution in [0.1, 0.15) is 39.2 Å². The number of aromatic nitrogens is 1. The minimum atomic E-state index is 0.150. The van der Waals surface area contributed by atoms with E-state index in [0.29, 0.717) is 11.7 Å². The van der Waals surface area contributed by atoms with E-state index in [1.54, 1.807) is 11.3 Å². The third-order valence-corrected chi connectivity index (χ3v) is 5.75. The molecular formula is C15H15NOS2. The first-order chi connectivity index (χ1) is 9.33. The van der Waals surface area contributed by atoms with Gasteiger partial charge in [0.1, 0.15) is 5.01 Å². The summed E-state index contributed by atoms with van der Waals surface area (Å²) in [4.78, 5) is 16.7. The Bertz CT molecular complexity index is 559. The Balaban J connectivity index is 1.68. The first-order valence-corrected chi connectivity index (χ1v) is 8.40. The Hall–Kier alpha value is -1.13. The smallest absolute Gasteiger partial charge is 0.168 e. The summed E-state index contributed by atoms with van der Waals surface area (Å²) in [6.07, 6.45) is 2.93. The minimum absolute atomic E-state index is 0.150. The highest BCUT2D eigenvalue weighted by molar-refractivity contribution is 7.99. The van der Waals surface area contributed by atoms with Gasteiger partial charge in [0.15, 0.2) is 5.78 Å². The van der Waals surface area contributed by atoms with Crippen molar-refractivity contribution in [1.82, 2.24) is 4.98 Å². The quantitative estimate of drug-likeness (QED) is 0.792. The molecule has 1 aliphatic heterocycles. The van der Waals surface area contributed by atoms with Crippen LogP contribution in [0, 0.1) is 0 Å². The van der Waals surface area contributed by atoms with E-state index in [2.05, 4.69) is 4.98 Å². The van der Waals surface area contributed by atoms with E-state index in [-0.39, 0.29) is 5.78 Å². The number of hydrogen-bond donors (Lipinski definition) is 0. The van der Waals surface area contributed by atoms with Crippen molar-refractivity contribution in [2.24, 2.45) is 0 Å². The molecule has 2 aromatic rings. The summed E-state index contributed by atoms with van der Waals surface area (Å²) in [5.74, 6) is 1.39. The zero-order valence-electron chi connectivity index (χ0n) is 10.5. The summed E-state index contributed by atoms with van der Waals surface area (Å²) in [5.41, 5.74) is 1.69. The zero-order chi connectivity index (χ0) is 13.1. The van der Waals surface area contributed by atoms with Crippen molar-refractivity contribution in [2.45, 2.75) is 24.5 Å². The molecule has 3 rings (SSSR count). The Kier molecular flexibility index (Phi) is 3.99. The fraction of sp³-hybridized carbons (Fsp3) is 0.333. The maximum absolute atomic E-state index is 12.1. The average Bonchev–Trinajstić information content (AvgIpc) is 3.10. The maximum atomic E-state index is 12.1. The van der Waals surface area contributed by atoms with Gasteiger partial charge in [-0.05, 0) is 18.6 Å². The zero-order valence-corrected chi connectivity index (χ0v) is 12.2. The van der Waals surface area contributed by atoms with Gasteiger partial charge in [0.05, 0.1) is 17.4 Å². The molecule has 0 amide bonds. The lowest BCUT2D eigenvalue weighted by molar-refractivity contribution is 0.0992. The topological polar surface area (TPSA) is 30.0 Å². The molecule has 98 valence electrons. The number of rotatable bonds is 4. The number of nitrogens with zero attached hydrogens (tertiary/aromatic N) is 1. The Morgan fingerprint density at radius 3 is 2.89 bits per heavy atom. The molecule has 2 heterocycles. The number of thioether (sulfide) groups is 1. The second kappa shape index (κ2) is 5.88. The highest BCUT2D eigenvalue weighted by atomic mass is 32.2. The third-order valence-electron chi connectivity index (χ3n) is 3.21. The summed E-state index contributed by atoms with van der Waals surface area (Å²) >= 11 is 3.69. The van der Waals surface area contributed by atoms with E-state index in [1.807, 2.05) is 47.5 Å². The Morgan fingerprint density at radius 2 is 2.16 bits per heavy atom. The SMILES string of the molecule is O=C(Cc1csc(C2CCCS2)n1)c1ccccc1. The number of carbonyl (C=O) groups excluding carboxylic acids is 1. The number of Topliss-reactive ketones (excluding diaryl/α,β-unsaturated/α-hetero) is 1. The molecule has 1 unspecified atom stereocenters. The van der Waals surface area contributed by atoms with Gasteiger partial charge in [-0.15, -0.1) is 11.3 Å². The third kappa shape index (κ3) is 3.07. The van der Waals surface area contributed by atoms with Crippen molar-refractivity contribution in [1.29, 1.82) is 0 Å². The molecular weight excluding hydrogens is 274 g/mol. The molecule has 0 spiro atoms. The number of carbonyl (C=O) groups is 1. The van der Waals surface area contributed by atoms with Crippen LogP contribution < -0.4 is 0 Å². The fourth-order valence-corrected chi connectivity index (χ4v) is 4.56. The van der Waals surface area contributed by atoms with Gasteiger partial charge in [-0.1, -0.05) is 30.3 Å². The van der Waals surface area contributed by atoms with Crippen LogP contribution in [0.15, 0.2) is 35.7 Å². The van der Waals surface area contributed by atoms with Gasteiger partial charge in [0.2, 0.25) is 0 Å². The van der Waals surface area contributed by atoms with Gasteiger partial charge in [0, 0.05) is 10.9 Å². The molecule has 1 atom stereocenters. The van der Waals surface area contributed by atoms with E-state index >= 15 is 0 Å². The van der Waals surface area contributed by atoms with Crippen LogP contribution in [-0.4, -0.2) is 16.5 Å². The first-order valence-electron chi connectivity index (χ1n) is 6.47. The number of ketones is 1. The first kappa shape index (κ1) is 12.9. The van der Waals surface area contributed by atoms with Gasteiger partial charge >= 0.3 is 0 Å². The molecule has 0 N–H and O–H groups in total. The highest BCUT2D eigenvalue weighted by Crippen LogP contribution is 2.40. The van der Waals surface area contributed by atoms with Gasteiger partial charge < -0.3 is 0 Å². The number of benzene rings is 1. The van der Waals surface area contributed by atoms with Crippen LogP contribution in [0.4, 0.5) is 0 Å². The molecule has 4 heteroatoms. The van der Waals surface area contributed by atoms with Crippen LogP contribution in [0.5, 0.6) is 0 Å². The van der Waals surface area contributed by atoms with Crippen molar-refractivity contribution in [3.63, 3.8) is 0 Å². The largest absolute Gasteiger partial charge is 0.294 e. The van der Waals surface area contributed by atoms with Crippen molar-refractivity contribution < 1.29 is 4.79 Å². The molecule has 1 saturated heterocycles. The fourth-order valence-electron chi connectivity index (χ4n) is 2.21. The molecule has 2 nitrogen and oxygen atoms in total. The standard InChI is InChI=1S/C15H15NOS2/c17-13(11-5-2-1-3-6-11)9-12-10-19-15(16-12)14-7-4-8-18-14/h1-3,5-6,10,14H,4,7-9H2. The molecule has 19 heavy (non-hydrogen) atoms. The van der Waals surface area contributed by atoms with Gasteiger partial charge in [-0.2, -0.15) is 11.8 Å². The lowest BCUT2D eigenvalue weighted by Gasteiger charge is -2.02. The molecule has 0 radical (unpaired) electrons. The normalized spacial score (nSPS) is 18.6. The monoisotopic (exact) mass is 289 g/mol. The summed E-state index contributed by atoms with van der Waals surface area (Å²) in [5, 5.41) is 3.79. The van der Waals surface area contributed by atoms with E-state index in [1.165, 1.54) is 23.6 Å².